The van der Waals surface area contributed by atoms with Gasteiger partial charge in [-0.15, -0.1) is 0 Å². The van der Waals surface area contributed by atoms with Crippen molar-refractivity contribution in [2.24, 2.45) is 11.5 Å². The monoisotopic (exact) mass is 239 g/mol. The van der Waals surface area contributed by atoms with Gasteiger partial charge in [0.1, 0.15) is 12.4 Å². The normalized spacial score (nSPS) is 9.65. The quantitative estimate of drug-likeness (QED) is 0.498. The van der Waals surface area contributed by atoms with Crippen LogP contribution in [0.3, 0.4) is 0 Å². The number of anilines is 2. The van der Waals surface area contributed by atoms with Gasteiger partial charge in [-0.3, -0.25) is 4.79 Å². The highest BCUT2D eigenvalue weighted by Gasteiger charge is 2.09. The molecule has 0 aromatic carbocycles. The fourth-order valence-corrected chi connectivity index (χ4v) is 1.13. The molecule has 17 heavy (non-hydrogen) atoms. The van der Waals surface area contributed by atoms with Crippen molar-refractivity contribution in [1.29, 1.82) is 0 Å². The zero-order valence-electron chi connectivity index (χ0n) is 8.97. The highest BCUT2D eigenvalue weighted by atomic mass is 16.5. The van der Waals surface area contributed by atoms with E-state index in [1.54, 1.807) is 0 Å². The molecule has 1 heterocycles. The molecule has 1 rings (SSSR count). The van der Waals surface area contributed by atoms with E-state index in [9.17, 15) is 9.59 Å². The molecule has 0 aliphatic carbocycles. The Morgan fingerprint density at radius 1 is 1.41 bits per heavy atom. The predicted molar refractivity (Wildman–Crippen MR) is 61.2 cm³/mol. The molecule has 0 atom stereocenters. The summed E-state index contributed by atoms with van der Waals surface area (Å²) in [6.45, 7) is 0.305. The average Bonchev–Trinajstić information content (AvgIpc) is 2.25. The summed E-state index contributed by atoms with van der Waals surface area (Å²) >= 11 is 0. The van der Waals surface area contributed by atoms with Crippen LogP contribution < -0.4 is 22.5 Å². The number of hydrogen-bond acceptors (Lipinski definition) is 6. The van der Waals surface area contributed by atoms with Crippen LogP contribution >= 0.6 is 0 Å². The van der Waals surface area contributed by atoms with Crippen LogP contribution in [0.15, 0.2) is 12.3 Å². The van der Waals surface area contributed by atoms with Crippen LogP contribution in [-0.2, 0) is 4.74 Å². The van der Waals surface area contributed by atoms with Crippen molar-refractivity contribution in [2.75, 3.05) is 24.2 Å². The van der Waals surface area contributed by atoms with E-state index in [0.29, 0.717) is 5.69 Å². The van der Waals surface area contributed by atoms with E-state index in [4.69, 9.17) is 17.2 Å². The Hall–Kier alpha value is -2.51. The third-order valence-corrected chi connectivity index (χ3v) is 1.81. The average molecular weight is 239 g/mol. The summed E-state index contributed by atoms with van der Waals surface area (Å²) in [4.78, 5) is 25.3. The van der Waals surface area contributed by atoms with Crippen molar-refractivity contribution in [1.82, 2.24) is 4.98 Å². The maximum absolute atomic E-state index is 11.1. The number of nitrogens with two attached hydrogens (primary N) is 3. The largest absolute Gasteiger partial charge is 0.448 e. The molecule has 8 nitrogen and oxygen atoms in total. The number of carbonyl (C=O) groups is 2. The Labute approximate surface area is 97.1 Å². The van der Waals surface area contributed by atoms with E-state index in [0.717, 1.165) is 0 Å². The predicted octanol–water partition coefficient (Wildman–Crippen LogP) is -0.730. The highest BCUT2D eigenvalue weighted by molar-refractivity contribution is 5.98. The third-order valence-electron chi connectivity index (χ3n) is 1.81. The number of amides is 2. The van der Waals surface area contributed by atoms with E-state index >= 15 is 0 Å². The lowest BCUT2D eigenvalue weighted by Crippen LogP contribution is -2.21. The summed E-state index contributed by atoms with van der Waals surface area (Å²) in [6.07, 6.45) is 0.510. The number of rotatable bonds is 5. The fourth-order valence-electron chi connectivity index (χ4n) is 1.13. The Bertz CT molecular complexity index is 435. The van der Waals surface area contributed by atoms with E-state index in [1.807, 2.05) is 0 Å². The van der Waals surface area contributed by atoms with Gasteiger partial charge in [0.05, 0.1) is 24.0 Å². The van der Waals surface area contributed by atoms with Crippen molar-refractivity contribution in [3.8, 4) is 0 Å². The maximum atomic E-state index is 11.1. The van der Waals surface area contributed by atoms with Crippen LogP contribution in [0, 0.1) is 0 Å². The molecule has 7 N–H and O–H groups in total. The first kappa shape index (κ1) is 12.6. The number of primary amides is 2. The molecule has 1 aromatic rings. The summed E-state index contributed by atoms with van der Waals surface area (Å²) < 4.78 is 4.50. The molecule has 8 heteroatoms. The SMILES string of the molecule is NC(=O)OCCNc1ncc(N)cc1C(N)=O. The molecular weight excluding hydrogens is 226 g/mol. The van der Waals surface area contributed by atoms with Gasteiger partial charge < -0.3 is 27.3 Å². The first-order valence-corrected chi connectivity index (χ1v) is 4.72. The van der Waals surface area contributed by atoms with Crippen LogP contribution in [0.4, 0.5) is 16.3 Å². The van der Waals surface area contributed by atoms with Crippen LogP contribution in [0.1, 0.15) is 10.4 Å². The van der Waals surface area contributed by atoms with Gasteiger partial charge >= 0.3 is 6.09 Å². The molecule has 0 radical (unpaired) electrons. The molecule has 0 bridgehead atoms. The zero-order chi connectivity index (χ0) is 12.8. The Morgan fingerprint density at radius 2 is 2.12 bits per heavy atom. The zero-order valence-corrected chi connectivity index (χ0v) is 8.97. The van der Waals surface area contributed by atoms with E-state index in [2.05, 4.69) is 15.0 Å². The van der Waals surface area contributed by atoms with Crippen molar-refractivity contribution >= 4 is 23.5 Å². The van der Waals surface area contributed by atoms with Crippen molar-refractivity contribution in [2.45, 2.75) is 0 Å². The summed E-state index contributed by atoms with van der Waals surface area (Å²) in [5.74, 6) is -0.372. The minimum absolute atomic E-state index is 0.0552. The molecule has 92 valence electrons. The number of pyridine rings is 1. The van der Waals surface area contributed by atoms with Crippen molar-refractivity contribution < 1.29 is 14.3 Å². The smallest absolute Gasteiger partial charge is 0.404 e. The summed E-state index contributed by atoms with van der Waals surface area (Å²) in [6, 6.07) is 1.41. The maximum Gasteiger partial charge on any atom is 0.404 e. The first-order chi connectivity index (χ1) is 8.00. The number of nitrogens with zero attached hydrogens (tertiary/aromatic N) is 1. The fraction of sp³-hybridized carbons (Fsp3) is 0.222. The van der Waals surface area contributed by atoms with Crippen molar-refractivity contribution in [3.63, 3.8) is 0 Å². The second kappa shape index (κ2) is 5.54. The minimum Gasteiger partial charge on any atom is -0.448 e. The van der Waals surface area contributed by atoms with Gasteiger partial charge in [0.25, 0.3) is 5.91 Å². The number of nitrogens with one attached hydrogen (secondary N) is 1. The molecule has 0 fully saturated rings. The highest BCUT2D eigenvalue weighted by Crippen LogP contribution is 2.14. The summed E-state index contributed by atoms with van der Waals surface area (Å²) in [5, 5.41) is 2.78. The van der Waals surface area contributed by atoms with Crippen LogP contribution in [0.5, 0.6) is 0 Å². The lowest BCUT2D eigenvalue weighted by atomic mass is 10.2. The van der Waals surface area contributed by atoms with Gasteiger partial charge in [0.15, 0.2) is 0 Å². The summed E-state index contributed by atoms with van der Waals surface area (Å²) in [5.41, 5.74) is 15.9. The third kappa shape index (κ3) is 3.86. The van der Waals surface area contributed by atoms with E-state index < -0.39 is 12.0 Å². The summed E-state index contributed by atoms with van der Waals surface area (Å²) in [7, 11) is 0. The second-order valence-electron chi connectivity index (χ2n) is 3.12. The number of ether oxygens (including phenoxy) is 1. The van der Waals surface area contributed by atoms with Gasteiger partial charge in [0.2, 0.25) is 0 Å². The Morgan fingerprint density at radius 3 is 2.71 bits per heavy atom. The Balaban J connectivity index is 2.64. The second-order valence-corrected chi connectivity index (χ2v) is 3.12. The van der Waals surface area contributed by atoms with Gasteiger partial charge in [-0.1, -0.05) is 0 Å². The molecule has 2 amide bonds. The molecule has 1 aromatic heterocycles. The van der Waals surface area contributed by atoms with Gasteiger partial charge in [-0.05, 0) is 6.07 Å². The molecule has 0 aliphatic rings. The van der Waals surface area contributed by atoms with Crippen LogP contribution in [0.2, 0.25) is 0 Å². The number of hydrogen-bond donors (Lipinski definition) is 4. The van der Waals surface area contributed by atoms with Crippen LogP contribution in [-0.4, -0.2) is 30.1 Å². The van der Waals surface area contributed by atoms with Gasteiger partial charge in [-0.25, -0.2) is 9.78 Å². The molecule has 0 saturated heterocycles. The standard InChI is InChI=1S/C9H13N5O3/c10-5-3-6(7(11)15)8(14-4-5)13-1-2-17-9(12)16/h3-4H,1-2,10H2,(H2,11,15)(H2,12,16)(H,13,14). The molecule has 0 saturated carbocycles. The molecule has 0 unspecified atom stereocenters. The minimum atomic E-state index is -0.868. The van der Waals surface area contributed by atoms with E-state index in [1.165, 1.54) is 12.3 Å². The Kier molecular flexibility index (Phi) is 4.09. The first-order valence-electron chi connectivity index (χ1n) is 4.72. The lowest BCUT2D eigenvalue weighted by molar-refractivity contribution is 0.100. The number of nitrogen functional groups attached to an aromatic ring is 1. The van der Waals surface area contributed by atoms with Crippen molar-refractivity contribution in [3.05, 3.63) is 17.8 Å². The number of carbonyl (C=O) groups excluding carboxylic acids is 2. The van der Waals surface area contributed by atoms with E-state index in [-0.39, 0.29) is 24.5 Å². The number of aromatic nitrogens is 1. The van der Waals surface area contributed by atoms with Crippen LogP contribution in [0.25, 0.3) is 0 Å². The molecule has 0 aliphatic heterocycles. The topological polar surface area (TPSA) is 146 Å². The van der Waals surface area contributed by atoms with Gasteiger partial charge in [0, 0.05) is 0 Å². The van der Waals surface area contributed by atoms with Gasteiger partial charge in [-0.2, -0.15) is 0 Å². The lowest BCUT2D eigenvalue weighted by Gasteiger charge is -2.09. The molecular formula is C9H13N5O3. The molecule has 0 spiro atoms.